The Morgan fingerprint density at radius 3 is 2.17 bits per heavy atom. The topological polar surface area (TPSA) is 92.8 Å². The Morgan fingerprint density at radius 1 is 1.00 bits per heavy atom. The van der Waals surface area contributed by atoms with Crippen molar-refractivity contribution in [2.75, 3.05) is 20.3 Å². The molecule has 0 bridgehead atoms. The van der Waals surface area contributed by atoms with Gasteiger partial charge in [0.15, 0.2) is 0 Å². The first-order valence-electron chi connectivity index (χ1n) is 13.1. The normalized spacial score (nSPS) is 13.8. The second-order valence-electron chi connectivity index (χ2n) is 10.6. The Hall–Kier alpha value is -2.29. The average Bonchev–Trinajstić information content (AvgIpc) is 3.30. The van der Waals surface area contributed by atoms with Crippen molar-refractivity contribution in [1.82, 2.24) is 10.3 Å². The Kier molecular flexibility index (Phi) is 11.1. The van der Waals surface area contributed by atoms with Gasteiger partial charge in [-0.25, -0.2) is 0 Å². The van der Waals surface area contributed by atoms with Crippen molar-refractivity contribution in [3.63, 3.8) is 0 Å². The number of carbonyl (C=O) groups excluding carboxylic acids is 1. The molecule has 1 heterocycles. The van der Waals surface area contributed by atoms with Crippen molar-refractivity contribution in [2.45, 2.75) is 90.6 Å². The number of aliphatic hydroxyl groups is 1. The van der Waals surface area contributed by atoms with E-state index in [-0.39, 0.29) is 18.6 Å². The maximum Gasteiger partial charge on any atom is 0.267 e. The summed E-state index contributed by atoms with van der Waals surface area (Å²) in [6.45, 7) is 18.1. The number of H-pyrrole nitrogens is 1. The van der Waals surface area contributed by atoms with Gasteiger partial charge in [0.05, 0.1) is 12.7 Å². The number of hydrogen-bond donors (Lipinski definition) is 3. The number of hydrogen-bond acceptors (Lipinski definition) is 5. The first-order chi connectivity index (χ1) is 16.9. The van der Waals surface area contributed by atoms with Gasteiger partial charge in [-0.1, -0.05) is 48.5 Å². The second kappa shape index (κ2) is 13.3. The zero-order chi connectivity index (χ0) is 27.0. The number of benzene rings is 1. The Balaban J connectivity index is 2.46. The molecule has 2 atom stereocenters. The molecule has 0 radical (unpaired) electrons. The van der Waals surface area contributed by atoms with E-state index in [4.69, 9.17) is 13.9 Å². The molecule has 202 valence electrons. The first-order valence-corrected chi connectivity index (χ1v) is 15.2. The van der Waals surface area contributed by atoms with E-state index in [1.165, 1.54) is 0 Å². The number of nitrogens with one attached hydrogen (secondary N) is 2. The van der Waals surface area contributed by atoms with Gasteiger partial charge in [0.1, 0.15) is 23.3 Å². The second-order valence-corrected chi connectivity index (χ2v) is 15.9. The Bertz CT molecular complexity index is 951. The number of aromatic nitrogens is 1. The lowest BCUT2D eigenvalue weighted by molar-refractivity contribution is 0.0909. The smallest absolute Gasteiger partial charge is 0.267 e. The summed E-state index contributed by atoms with van der Waals surface area (Å²) in [7, 11) is -0.530. The Labute approximate surface area is 218 Å². The lowest BCUT2D eigenvalue weighted by Gasteiger charge is -2.42. The molecule has 3 N–H and O–H groups in total. The fourth-order valence-electron chi connectivity index (χ4n) is 5.06. The lowest BCUT2D eigenvalue weighted by atomic mass is 10.1. The van der Waals surface area contributed by atoms with Crippen LogP contribution < -0.4 is 14.5 Å². The number of aromatic amines is 1. The van der Waals surface area contributed by atoms with Gasteiger partial charge in [-0.3, -0.25) is 4.79 Å². The fourth-order valence-corrected chi connectivity index (χ4v) is 10.3. The molecule has 7 nitrogen and oxygen atoms in total. The maximum atomic E-state index is 12.6. The number of rotatable bonds is 14. The van der Waals surface area contributed by atoms with Crippen LogP contribution in [-0.4, -0.2) is 56.8 Å². The van der Waals surface area contributed by atoms with Gasteiger partial charge in [-0.15, -0.1) is 0 Å². The molecule has 0 aliphatic heterocycles. The molecular weight excluding hydrogens is 472 g/mol. The minimum Gasteiger partial charge on any atom is -0.543 e. The van der Waals surface area contributed by atoms with Crippen LogP contribution in [0, 0.1) is 0 Å². The average molecular weight is 519 g/mol. The number of aliphatic hydroxyl groups excluding tert-OH is 1. The van der Waals surface area contributed by atoms with Crippen molar-refractivity contribution < 1.29 is 23.8 Å². The molecule has 8 heteroatoms. The largest absolute Gasteiger partial charge is 0.543 e. The van der Waals surface area contributed by atoms with E-state index in [9.17, 15) is 9.90 Å². The third-order valence-electron chi connectivity index (χ3n) is 6.83. The van der Waals surface area contributed by atoms with Gasteiger partial charge in [0.25, 0.3) is 14.2 Å². The molecule has 0 aliphatic rings. The molecule has 1 aromatic carbocycles. The van der Waals surface area contributed by atoms with E-state index >= 15 is 0 Å². The minimum atomic E-state index is -2.19. The van der Waals surface area contributed by atoms with Crippen LogP contribution >= 0.6 is 0 Å². The fraction of sp³-hybridized carbons (Fsp3) is 0.607. The first kappa shape index (κ1) is 29.9. The molecule has 1 aromatic heterocycles. The SMILES string of the molecule is CC[C@H](O)CNC(=O)c1ccc(-c2cc(O[C@@H](C)COC)cc(O[Si](C(C)C)(C(C)C)C(C)C)c2)[nH]1. The van der Waals surface area contributed by atoms with E-state index in [2.05, 4.69) is 51.8 Å². The van der Waals surface area contributed by atoms with Crippen molar-refractivity contribution in [3.05, 3.63) is 36.0 Å². The molecule has 0 unspecified atom stereocenters. The number of amides is 1. The molecule has 2 rings (SSSR count). The van der Waals surface area contributed by atoms with Crippen LogP contribution in [0.15, 0.2) is 30.3 Å². The third kappa shape index (κ3) is 7.37. The summed E-state index contributed by atoms with van der Waals surface area (Å²) < 4.78 is 18.4. The van der Waals surface area contributed by atoms with Crippen molar-refractivity contribution in [1.29, 1.82) is 0 Å². The van der Waals surface area contributed by atoms with Crippen molar-refractivity contribution in [3.8, 4) is 22.8 Å². The molecule has 0 fully saturated rings. The highest BCUT2D eigenvalue weighted by Gasteiger charge is 2.47. The van der Waals surface area contributed by atoms with Crippen molar-refractivity contribution in [2.24, 2.45) is 0 Å². The predicted octanol–water partition coefficient (Wildman–Crippen LogP) is 6.15. The highest BCUT2D eigenvalue weighted by atomic mass is 28.4. The van der Waals surface area contributed by atoms with Gasteiger partial charge in [0.2, 0.25) is 0 Å². The quantitative estimate of drug-likeness (QED) is 0.261. The summed E-state index contributed by atoms with van der Waals surface area (Å²) in [5.74, 6) is 1.22. The molecule has 0 aliphatic carbocycles. The monoisotopic (exact) mass is 518 g/mol. The predicted molar refractivity (Wildman–Crippen MR) is 149 cm³/mol. The zero-order valence-corrected chi connectivity index (χ0v) is 24.5. The maximum absolute atomic E-state index is 12.6. The standard InChI is InChI=1S/C28H46N2O5Si/c1-10-23(31)16-29-28(32)27-12-11-26(30-27)22-13-24(34-21(8)17-33-9)15-25(14-22)35-36(18(2)3,19(4)5)20(6)7/h11-15,18-21,23,30-31H,10,16-17H2,1-9H3,(H,29,32)/t21-,23-/m0/s1. The van der Waals surface area contributed by atoms with Gasteiger partial charge >= 0.3 is 0 Å². The third-order valence-corrected chi connectivity index (χ3v) is 12.8. The van der Waals surface area contributed by atoms with Crippen LogP contribution in [0.25, 0.3) is 11.3 Å². The van der Waals surface area contributed by atoms with Crippen LogP contribution in [0.5, 0.6) is 11.5 Å². The lowest BCUT2D eigenvalue weighted by Crippen LogP contribution is -2.50. The number of ether oxygens (including phenoxy) is 2. The molecule has 36 heavy (non-hydrogen) atoms. The zero-order valence-electron chi connectivity index (χ0n) is 23.5. The van der Waals surface area contributed by atoms with Gasteiger partial charge in [-0.2, -0.15) is 0 Å². The van der Waals surface area contributed by atoms with Crippen molar-refractivity contribution >= 4 is 14.2 Å². The van der Waals surface area contributed by atoms with Crippen LogP contribution in [0.4, 0.5) is 0 Å². The summed E-state index contributed by atoms with van der Waals surface area (Å²) in [4.78, 5) is 15.8. The number of carbonyl (C=O) groups is 1. The minimum absolute atomic E-state index is 0.129. The Morgan fingerprint density at radius 2 is 1.61 bits per heavy atom. The summed E-state index contributed by atoms with van der Waals surface area (Å²) >= 11 is 0. The van der Waals surface area contributed by atoms with E-state index in [1.54, 1.807) is 13.2 Å². The summed E-state index contributed by atoms with van der Waals surface area (Å²) in [5, 5.41) is 12.5. The highest BCUT2D eigenvalue weighted by molar-refractivity contribution is 6.78. The van der Waals surface area contributed by atoms with E-state index in [0.29, 0.717) is 41.1 Å². The van der Waals surface area contributed by atoms with E-state index in [1.807, 2.05) is 38.1 Å². The van der Waals surface area contributed by atoms with Gasteiger partial charge < -0.3 is 29.3 Å². The molecule has 1 amide bonds. The van der Waals surface area contributed by atoms with E-state index in [0.717, 1.165) is 17.0 Å². The van der Waals surface area contributed by atoms with E-state index < -0.39 is 14.4 Å². The molecule has 0 saturated carbocycles. The summed E-state index contributed by atoms with van der Waals surface area (Å²) in [5.41, 5.74) is 3.38. The summed E-state index contributed by atoms with van der Waals surface area (Å²) in [6.07, 6.45) is -0.102. The molecule has 2 aromatic rings. The van der Waals surface area contributed by atoms with Gasteiger partial charge in [0, 0.05) is 31.0 Å². The van der Waals surface area contributed by atoms with Crippen LogP contribution in [0.2, 0.25) is 16.6 Å². The van der Waals surface area contributed by atoms with Crippen LogP contribution in [0.1, 0.15) is 72.3 Å². The van der Waals surface area contributed by atoms with Gasteiger partial charge in [-0.05, 0) is 54.2 Å². The van der Waals surface area contributed by atoms with Crippen LogP contribution in [-0.2, 0) is 4.74 Å². The summed E-state index contributed by atoms with van der Waals surface area (Å²) in [6, 6.07) is 9.58. The van der Waals surface area contributed by atoms with Crippen LogP contribution in [0.3, 0.4) is 0 Å². The highest BCUT2D eigenvalue weighted by Crippen LogP contribution is 2.44. The molecule has 0 spiro atoms. The molecular formula is C28H46N2O5Si. The number of methoxy groups -OCH3 is 1. The molecule has 0 saturated heterocycles.